The van der Waals surface area contributed by atoms with E-state index < -0.39 is 38.2 Å². The summed E-state index contributed by atoms with van der Waals surface area (Å²) in [5, 5.41) is 2.73. The fourth-order valence-electron chi connectivity index (χ4n) is 3.80. The molecule has 0 unspecified atom stereocenters. The van der Waals surface area contributed by atoms with Crippen molar-refractivity contribution in [2.75, 3.05) is 13.1 Å². The van der Waals surface area contributed by atoms with E-state index in [1.54, 1.807) is 0 Å². The number of hydrogen-bond acceptors (Lipinski definition) is 4. The Morgan fingerprint density at radius 1 is 1.21 bits per heavy atom. The van der Waals surface area contributed by atoms with E-state index in [4.69, 9.17) is 0 Å². The highest BCUT2D eigenvalue weighted by Crippen LogP contribution is 2.35. The van der Waals surface area contributed by atoms with Crippen molar-refractivity contribution in [3.05, 3.63) is 29.3 Å². The molecule has 0 aromatic heterocycles. The van der Waals surface area contributed by atoms with E-state index in [1.807, 2.05) is 0 Å². The van der Waals surface area contributed by atoms with Crippen molar-refractivity contribution < 1.29 is 31.2 Å². The molecule has 2 fully saturated rings. The third kappa shape index (κ3) is 4.25. The summed E-state index contributed by atoms with van der Waals surface area (Å²) in [6.07, 6.45) is -1.61. The first-order valence-corrected chi connectivity index (χ1v) is 10.8. The Morgan fingerprint density at radius 2 is 1.86 bits per heavy atom. The minimum absolute atomic E-state index is 0.0244. The van der Waals surface area contributed by atoms with Gasteiger partial charge in [0, 0.05) is 13.1 Å². The SMILES string of the molecule is Cc1ccc(S(=O)(=O)NCCCN2C(=O)NC3(CCCC3)C2=O)cc1C(F)(F)F. The van der Waals surface area contributed by atoms with Crippen LogP contribution in [-0.2, 0) is 21.0 Å². The molecule has 0 atom stereocenters. The maximum atomic E-state index is 13.0. The molecule has 3 rings (SSSR count). The summed E-state index contributed by atoms with van der Waals surface area (Å²) in [4.78, 5) is 25.2. The van der Waals surface area contributed by atoms with Crippen LogP contribution in [0.3, 0.4) is 0 Å². The van der Waals surface area contributed by atoms with Gasteiger partial charge in [-0.15, -0.1) is 0 Å². The second-order valence-corrected chi connectivity index (χ2v) is 9.17. The van der Waals surface area contributed by atoms with Gasteiger partial charge in [-0.2, -0.15) is 13.2 Å². The Morgan fingerprint density at radius 3 is 2.48 bits per heavy atom. The van der Waals surface area contributed by atoms with Crippen LogP contribution in [0.5, 0.6) is 0 Å². The second kappa shape index (κ2) is 7.60. The first-order valence-electron chi connectivity index (χ1n) is 9.28. The number of carbonyl (C=O) groups is 2. The number of urea groups is 1. The lowest BCUT2D eigenvalue weighted by Crippen LogP contribution is -2.44. The molecule has 0 radical (unpaired) electrons. The van der Waals surface area contributed by atoms with Crippen LogP contribution < -0.4 is 10.0 Å². The summed E-state index contributed by atoms with van der Waals surface area (Å²) in [5.41, 5.74) is -1.91. The normalized spacial score (nSPS) is 19.2. The molecule has 1 saturated heterocycles. The van der Waals surface area contributed by atoms with Crippen LogP contribution in [0.1, 0.15) is 43.2 Å². The minimum atomic E-state index is -4.66. The molecule has 2 N–H and O–H groups in total. The van der Waals surface area contributed by atoms with Crippen molar-refractivity contribution >= 4 is 22.0 Å². The van der Waals surface area contributed by atoms with E-state index >= 15 is 0 Å². The van der Waals surface area contributed by atoms with Crippen molar-refractivity contribution in [2.45, 2.75) is 55.6 Å². The van der Waals surface area contributed by atoms with E-state index in [9.17, 15) is 31.2 Å². The van der Waals surface area contributed by atoms with Crippen LogP contribution in [0.4, 0.5) is 18.0 Å². The van der Waals surface area contributed by atoms with Gasteiger partial charge in [0.2, 0.25) is 10.0 Å². The number of amides is 3. The van der Waals surface area contributed by atoms with Gasteiger partial charge in [-0.05, 0) is 43.9 Å². The summed E-state index contributed by atoms with van der Waals surface area (Å²) in [5.74, 6) is -0.295. The topological polar surface area (TPSA) is 95.6 Å². The smallest absolute Gasteiger partial charge is 0.323 e. The Bertz CT molecular complexity index is 925. The lowest BCUT2D eigenvalue weighted by atomic mass is 9.98. The van der Waals surface area contributed by atoms with Crippen LogP contribution in [0.25, 0.3) is 0 Å². The fourth-order valence-corrected chi connectivity index (χ4v) is 4.90. The predicted molar refractivity (Wildman–Crippen MR) is 97.4 cm³/mol. The highest BCUT2D eigenvalue weighted by atomic mass is 32.2. The molecule has 1 aliphatic heterocycles. The van der Waals surface area contributed by atoms with Crippen LogP contribution >= 0.6 is 0 Å². The van der Waals surface area contributed by atoms with Crippen LogP contribution in [0, 0.1) is 6.92 Å². The number of nitrogens with one attached hydrogen (secondary N) is 2. The third-order valence-electron chi connectivity index (χ3n) is 5.38. The predicted octanol–water partition coefficient (Wildman–Crippen LogP) is 2.55. The molecule has 3 amide bonds. The number of aryl methyl sites for hydroxylation is 1. The Balaban J connectivity index is 1.59. The lowest BCUT2D eigenvalue weighted by molar-refractivity contribution is -0.138. The summed E-state index contributed by atoms with van der Waals surface area (Å²) in [6.45, 7) is 1.15. The number of alkyl halides is 3. The zero-order valence-electron chi connectivity index (χ0n) is 15.8. The van der Waals surface area contributed by atoms with Gasteiger partial charge in [-0.25, -0.2) is 17.9 Å². The van der Waals surface area contributed by atoms with E-state index in [1.165, 1.54) is 6.92 Å². The number of nitrogens with zero attached hydrogens (tertiary/aromatic N) is 1. The van der Waals surface area contributed by atoms with E-state index in [-0.39, 0.29) is 31.0 Å². The number of benzene rings is 1. The van der Waals surface area contributed by atoms with Gasteiger partial charge in [-0.1, -0.05) is 18.9 Å². The molecular weight excluding hydrogens is 411 g/mol. The number of halogens is 3. The molecule has 29 heavy (non-hydrogen) atoms. The molecule has 160 valence electrons. The largest absolute Gasteiger partial charge is 0.416 e. The number of hydrogen-bond donors (Lipinski definition) is 2. The first-order chi connectivity index (χ1) is 13.5. The average Bonchev–Trinajstić information content (AvgIpc) is 3.18. The molecule has 7 nitrogen and oxygen atoms in total. The molecule has 0 bridgehead atoms. The number of carbonyl (C=O) groups excluding carboxylic acids is 2. The summed E-state index contributed by atoms with van der Waals surface area (Å²) >= 11 is 0. The number of rotatable bonds is 6. The molecule has 1 aromatic carbocycles. The average molecular weight is 433 g/mol. The van der Waals surface area contributed by atoms with Gasteiger partial charge in [0.25, 0.3) is 5.91 Å². The van der Waals surface area contributed by atoms with E-state index in [0.717, 1.165) is 29.9 Å². The number of imide groups is 1. The highest BCUT2D eigenvalue weighted by molar-refractivity contribution is 7.89. The van der Waals surface area contributed by atoms with Crippen molar-refractivity contribution in [1.82, 2.24) is 14.9 Å². The highest BCUT2D eigenvalue weighted by Gasteiger charge is 2.52. The molecule has 1 aliphatic carbocycles. The Kier molecular flexibility index (Phi) is 5.65. The minimum Gasteiger partial charge on any atom is -0.323 e. The summed E-state index contributed by atoms with van der Waals surface area (Å²) in [7, 11) is -4.16. The molecule has 1 spiro atoms. The van der Waals surface area contributed by atoms with Gasteiger partial charge >= 0.3 is 12.2 Å². The Labute approximate surface area is 166 Å². The van der Waals surface area contributed by atoms with E-state index in [0.29, 0.717) is 18.9 Å². The Hall–Kier alpha value is -2.14. The monoisotopic (exact) mass is 433 g/mol. The van der Waals surface area contributed by atoms with Crippen molar-refractivity contribution in [2.24, 2.45) is 0 Å². The van der Waals surface area contributed by atoms with Gasteiger partial charge in [0.1, 0.15) is 5.54 Å². The molecule has 1 saturated carbocycles. The van der Waals surface area contributed by atoms with Crippen LogP contribution in [-0.4, -0.2) is 43.9 Å². The van der Waals surface area contributed by atoms with Crippen molar-refractivity contribution in [3.8, 4) is 0 Å². The zero-order chi connectivity index (χ0) is 21.4. The lowest BCUT2D eigenvalue weighted by Gasteiger charge is -2.20. The zero-order valence-corrected chi connectivity index (χ0v) is 16.6. The molecular formula is C18H22F3N3O4S. The summed E-state index contributed by atoms with van der Waals surface area (Å²) in [6, 6.07) is 2.31. The van der Waals surface area contributed by atoms with Gasteiger partial charge in [-0.3, -0.25) is 9.69 Å². The maximum absolute atomic E-state index is 13.0. The third-order valence-corrected chi connectivity index (χ3v) is 6.84. The first kappa shape index (κ1) is 21.6. The second-order valence-electron chi connectivity index (χ2n) is 7.40. The molecule has 11 heteroatoms. The van der Waals surface area contributed by atoms with E-state index in [2.05, 4.69) is 10.0 Å². The van der Waals surface area contributed by atoms with Crippen LogP contribution in [0.15, 0.2) is 23.1 Å². The molecule has 1 aromatic rings. The standard InChI is InChI=1S/C18H22F3N3O4S/c1-12-5-6-13(11-14(12)18(19,20)21)29(27,28)22-9-4-10-24-15(25)17(23-16(24)26)7-2-3-8-17/h5-6,11,22H,2-4,7-10H2,1H3,(H,23,26). The van der Waals surface area contributed by atoms with Gasteiger partial charge in [0.05, 0.1) is 10.5 Å². The fraction of sp³-hybridized carbons (Fsp3) is 0.556. The maximum Gasteiger partial charge on any atom is 0.416 e. The molecule has 2 aliphatic rings. The quantitative estimate of drug-likeness (QED) is 0.532. The summed E-state index contributed by atoms with van der Waals surface area (Å²) < 4.78 is 65.9. The van der Waals surface area contributed by atoms with Crippen molar-refractivity contribution in [1.29, 1.82) is 0 Å². The van der Waals surface area contributed by atoms with Gasteiger partial charge < -0.3 is 5.32 Å². The van der Waals surface area contributed by atoms with Crippen molar-refractivity contribution in [3.63, 3.8) is 0 Å². The van der Waals surface area contributed by atoms with Crippen LogP contribution in [0.2, 0.25) is 0 Å². The number of sulfonamides is 1. The van der Waals surface area contributed by atoms with Gasteiger partial charge in [0.15, 0.2) is 0 Å². The molecule has 1 heterocycles.